The van der Waals surface area contributed by atoms with Crippen molar-refractivity contribution in [2.45, 2.75) is 20.4 Å². The average molecular weight is 380 g/mol. The summed E-state index contributed by atoms with van der Waals surface area (Å²) in [6.45, 7) is 4.46. The molecule has 0 saturated carbocycles. The van der Waals surface area contributed by atoms with E-state index in [0.717, 1.165) is 10.2 Å². The Morgan fingerprint density at radius 3 is 2.33 bits per heavy atom. The molecule has 5 nitrogen and oxygen atoms in total. The van der Waals surface area contributed by atoms with Crippen LogP contribution in [0.3, 0.4) is 0 Å². The topological polar surface area (TPSA) is 52.8 Å². The first kappa shape index (κ1) is 18.7. The highest BCUT2D eigenvalue weighted by atomic mass is 32.1. The van der Waals surface area contributed by atoms with Gasteiger partial charge in [0, 0.05) is 11.6 Å². The quantitative estimate of drug-likeness (QED) is 0.649. The second kappa shape index (κ2) is 7.68. The van der Waals surface area contributed by atoms with Gasteiger partial charge in [0.05, 0.1) is 31.0 Å². The van der Waals surface area contributed by atoms with E-state index in [0.29, 0.717) is 28.4 Å². The van der Waals surface area contributed by atoms with Crippen LogP contribution in [0, 0.1) is 26.2 Å². The maximum absolute atomic E-state index is 12.8. The summed E-state index contributed by atoms with van der Waals surface area (Å²) in [6, 6.07) is 9.17. The molecule has 6 heteroatoms. The number of carbonyl (C=O) groups excluding carboxylic acids is 1. The van der Waals surface area contributed by atoms with Crippen LogP contribution in [0.15, 0.2) is 35.3 Å². The number of aromatic nitrogens is 1. The fourth-order valence-electron chi connectivity index (χ4n) is 2.73. The van der Waals surface area contributed by atoms with Crippen molar-refractivity contribution in [1.29, 1.82) is 0 Å². The fourth-order valence-corrected chi connectivity index (χ4v) is 3.84. The van der Waals surface area contributed by atoms with Crippen LogP contribution in [0.1, 0.15) is 21.5 Å². The molecule has 1 heterocycles. The number of benzene rings is 2. The first-order valence-electron chi connectivity index (χ1n) is 8.33. The Morgan fingerprint density at radius 1 is 1.11 bits per heavy atom. The molecule has 3 rings (SSSR count). The van der Waals surface area contributed by atoms with Gasteiger partial charge in [0.1, 0.15) is 11.5 Å². The third kappa shape index (κ3) is 3.74. The predicted molar refractivity (Wildman–Crippen MR) is 108 cm³/mol. The summed E-state index contributed by atoms with van der Waals surface area (Å²) in [5.41, 5.74) is 3.73. The van der Waals surface area contributed by atoms with Gasteiger partial charge in [0.15, 0.2) is 4.80 Å². The van der Waals surface area contributed by atoms with E-state index in [2.05, 4.69) is 36.9 Å². The van der Waals surface area contributed by atoms with Crippen molar-refractivity contribution >= 4 is 27.5 Å². The van der Waals surface area contributed by atoms with Gasteiger partial charge in [-0.15, -0.1) is 6.42 Å². The number of hydrogen-bond donors (Lipinski definition) is 0. The zero-order valence-electron chi connectivity index (χ0n) is 15.7. The van der Waals surface area contributed by atoms with E-state index in [4.69, 9.17) is 15.9 Å². The molecule has 2 aromatic carbocycles. The first-order valence-corrected chi connectivity index (χ1v) is 9.14. The van der Waals surface area contributed by atoms with Crippen LogP contribution in [-0.4, -0.2) is 24.7 Å². The molecule has 0 aliphatic rings. The fraction of sp³-hybridized carbons (Fsp3) is 0.238. The van der Waals surface area contributed by atoms with Gasteiger partial charge >= 0.3 is 0 Å². The van der Waals surface area contributed by atoms with Crippen molar-refractivity contribution in [1.82, 2.24) is 4.57 Å². The highest BCUT2D eigenvalue weighted by Gasteiger charge is 2.12. The van der Waals surface area contributed by atoms with Crippen LogP contribution >= 0.6 is 11.3 Å². The van der Waals surface area contributed by atoms with Gasteiger partial charge in [-0.3, -0.25) is 4.79 Å². The third-order valence-electron chi connectivity index (χ3n) is 4.34. The predicted octanol–water partition coefficient (Wildman–Crippen LogP) is 3.71. The van der Waals surface area contributed by atoms with E-state index in [-0.39, 0.29) is 5.91 Å². The van der Waals surface area contributed by atoms with Crippen LogP contribution < -0.4 is 14.3 Å². The van der Waals surface area contributed by atoms with Crippen LogP contribution in [-0.2, 0) is 6.54 Å². The normalized spacial score (nSPS) is 11.4. The molecule has 0 N–H and O–H groups in total. The Labute approximate surface area is 161 Å². The molecule has 27 heavy (non-hydrogen) atoms. The number of hydrogen-bond acceptors (Lipinski definition) is 4. The lowest BCUT2D eigenvalue weighted by Gasteiger charge is -2.06. The summed E-state index contributed by atoms with van der Waals surface area (Å²) in [5, 5.41) is 0. The Balaban J connectivity index is 2.16. The minimum absolute atomic E-state index is 0.343. The molecule has 0 aliphatic heterocycles. The highest BCUT2D eigenvalue weighted by molar-refractivity contribution is 7.16. The lowest BCUT2D eigenvalue weighted by molar-refractivity contribution is 0.0997. The lowest BCUT2D eigenvalue weighted by atomic mass is 10.1. The Bertz CT molecular complexity index is 1110. The Morgan fingerprint density at radius 2 is 1.74 bits per heavy atom. The monoisotopic (exact) mass is 380 g/mol. The number of carbonyl (C=O) groups is 1. The lowest BCUT2D eigenvalue weighted by Crippen LogP contribution is -2.16. The summed E-state index contributed by atoms with van der Waals surface area (Å²) < 4.78 is 13.4. The van der Waals surface area contributed by atoms with Crippen LogP contribution in [0.5, 0.6) is 11.5 Å². The van der Waals surface area contributed by atoms with Gasteiger partial charge < -0.3 is 14.0 Å². The van der Waals surface area contributed by atoms with Crippen LogP contribution in [0.2, 0.25) is 0 Å². The van der Waals surface area contributed by atoms with E-state index in [1.54, 1.807) is 18.2 Å². The zero-order valence-corrected chi connectivity index (χ0v) is 16.5. The number of terminal acetylenes is 1. The standard InChI is InChI=1S/C21H20N2O3S/c1-6-7-23-18-8-13(2)14(3)9-19(18)27-21(23)22-20(24)15-10-16(25-4)12-17(11-15)26-5/h1,8-12H,7H2,2-5H3. The molecule has 0 radical (unpaired) electrons. The number of fused-ring (bicyclic) bond motifs is 1. The second-order valence-corrected chi connectivity index (χ2v) is 7.11. The van der Waals surface area contributed by atoms with Crippen molar-refractivity contribution in [2.75, 3.05) is 14.2 Å². The minimum Gasteiger partial charge on any atom is -0.497 e. The van der Waals surface area contributed by atoms with Crippen LogP contribution in [0.25, 0.3) is 10.2 Å². The number of nitrogens with zero attached hydrogens (tertiary/aromatic N) is 2. The molecule has 0 fully saturated rings. The molecule has 0 saturated heterocycles. The summed E-state index contributed by atoms with van der Waals surface area (Å²) in [7, 11) is 3.08. The molecule has 138 valence electrons. The second-order valence-electron chi connectivity index (χ2n) is 6.10. The maximum atomic E-state index is 12.8. The van der Waals surface area contributed by atoms with Gasteiger partial charge in [-0.25, -0.2) is 0 Å². The van der Waals surface area contributed by atoms with Crippen molar-refractivity contribution in [3.05, 3.63) is 51.8 Å². The number of aryl methyl sites for hydroxylation is 2. The number of methoxy groups -OCH3 is 2. The first-order chi connectivity index (χ1) is 13.0. The van der Waals surface area contributed by atoms with Gasteiger partial charge in [-0.05, 0) is 49.2 Å². The summed E-state index contributed by atoms with van der Waals surface area (Å²) in [6.07, 6.45) is 5.54. The largest absolute Gasteiger partial charge is 0.497 e. The van der Waals surface area contributed by atoms with Gasteiger partial charge in [0.2, 0.25) is 0 Å². The molecule has 0 aliphatic carbocycles. The SMILES string of the molecule is C#CCn1c(=NC(=O)c2cc(OC)cc(OC)c2)sc2cc(C)c(C)cc21. The van der Waals surface area contributed by atoms with Crippen molar-refractivity contribution in [3.8, 4) is 23.8 Å². The van der Waals surface area contributed by atoms with Crippen molar-refractivity contribution < 1.29 is 14.3 Å². The highest BCUT2D eigenvalue weighted by Crippen LogP contribution is 2.24. The number of thiazole rings is 1. The van der Waals surface area contributed by atoms with E-state index < -0.39 is 0 Å². The van der Waals surface area contributed by atoms with E-state index in [9.17, 15) is 4.79 Å². The molecule has 0 bridgehead atoms. The molecule has 0 atom stereocenters. The van der Waals surface area contributed by atoms with E-state index in [1.807, 2.05) is 4.57 Å². The zero-order chi connectivity index (χ0) is 19.6. The van der Waals surface area contributed by atoms with E-state index >= 15 is 0 Å². The van der Waals surface area contributed by atoms with Crippen molar-refractivity contribution in [2.24, 2.45) is 4.99 Å². The molecule has 0 unspecified atom stereocenters. The van der Waals surface area contributed by atoms with Gasteiger partial charge in [-0.2, -0.15) is 4.99 Å². The Hall–Kier alpha value is -3.04. The molecular formula is C21H20N2O3S. The summed E-state index contributed by atoms with van der Waals surface area (Å²) in [4.78, 5) is 17.7. The molecular weight excluding hydrogens is 360 g/mol. The molecule has 1 aromatic heterocycles. The van der Waals surface area contributed by atoms with E-state index in [1.165, 1.54) is 36.7 Å². The van der Waals surface area contributed by atoms with Gasteiger partial charge in [0.25, 0.3) is 5.91 Å². The summed E-state index contributed by atoms with van der Waals surface area (Å²) in [5.74, 6) is 3.34. The minimum atomic E-state index is -0.377. The number of amides is 1. The van der Waals surface area contributed by atoms with Crippen molar-refractivity contribution in [3.63, 3.8) is 0 Å². The molecule has 0 spiro atoms. The molecule has 1 amide bonds. The average Bonchev–Trinajstić information content (AvgIpc) is 2.98. The maximum Gasteiger partial charge on any atom is 0.279 e. The number of ether oxygens (including phenoxy) is 2. The smallest absolute Gasteiger partial charge is 0.279 e. The van der Waals surface area contributed by atoms with Crippen LogP contribution in [0.4, 0.5) is 0 Å². The third-order valence-corrected chi connectivity index (χ3v) is 5.38. The molecule has 3 aromatic rings. The number of rotatable bonds is 4. The van der Waals surface area contributed by atoms with Gasteiger partial charge in [-0.1, -0.05) is 17.3 Å². The Kier molecular flexibility index (Phi) is 5.33. The summed E-state index contributed by atoms with van der Waals surface area (Å²) >= 11 is 1.45.